The predicted octanol–water partition coefficient (Wildman–Crippen LogP) is 2.20. The van der Waals surface area contributed by atoms with Crippen molar-refractivity contribution >= 4 is 42.8 Å². The van der Waals surface area contributed by atoms with E-state index < -0.39 is 24.0 Å². The van der Waals surface area contributed by atoms with Gasteiger partial charge in [0.1, 0.15) is 0 Å². The molecule has 0 aromatic heterocycles. The summed E-state index contributed by atoms with van der Waals surface area (Å²) >= 11 is 11.0. The number of carbonyl (C=O) groups is 2. The Balaban J connectivity index is 2.97. The van der Waals surface area contributed by atoms with E-state index in [0.29, 0.717) is 6.42 Å². The van der Waals surface area contributed by atoms with Crippen molar-refractivity contribution in [3.8, 4) is 0 Å². The summed E-state index contributed by atoms with van der Waals surface area (Å²) < 4.78 is 25.0. The minimum Gasteiger partial charge on any atom is -0.395 e. The molecule has 0 atom stereocenters. The van der Waals surface area contributed by atoms with Crippen LogP contribution in [0.3, 0.4) is 0 Å². The first-order valence-electron chi connectivity index (χ1n) is 5.15. The quantitative estimate of drug-likeness (QED) is 0.436. The van der Waals surface area contributed by atoms with Gasteiger partial charge < -0.3 is 4.52 Å². The summed E-state index contributed by atoms with van der Waals surface area (Å²) in [5.41, 5.74) is 0. The molecule has 108 valence electrons. The Labute approximate surface area is 120 Å². The Morgan fingerprint density at radius 2 is 1.89 bits per heavy atom. The molecule has 1 saturated heterocycles. The van der Waals surface area contributed by atoms with Crippen LogP contribution in [-0.2, 0) is 27.7 Å². The topological polar surface area (TPSA) is 82.1 Å². The first-order valence-corrected chi connectivity index (χ1v) is 7.37. The van der Waals surface area contributed by atoms with Crippen molar-refractivity contribution in [3.63, 3.8) is 0 Å². The summed E-state index contributed by atoms with van der Waals surface area (Å²) in [6, 6.07) is 0. The van der Waals surface area contributed by atoms with Crippen LogP contribution in [0.2, 0.25) is 0 Å². The van der Waals surface area contributed by atoms with Gasteiger partial charge in [0.15, 0.2) is 4.49 Å². The molecule has 0 radical (unpaired) electrons. The zero-order valence-corrected chi connectivity index (χ0v) is 12.6. The Morgan fingerprint density at radius 1 is 1.32 bits per heavy atom. The normalized spacial score (nSPS) is 15.6. The second-order valence-corrected chi connectivity index (χ2v) is 6.20. The van der Waals surface area contributed by atoms with Crippen LogP contribution in [0.1, 0.15) is 12.8 Å². The van der Waals surface area contributed by atoms with Gasteiger partial charge in [-0.3, -0.25) is 23.5 Å². The van der Waals surface area contributed by atoms with Gasteiger partial charge in [0.25, 0.3) is 5.91 Å². The number of hydrogen-bond acceptors (Lipinski definition) is 6. The number of rotatable bonds is 5. The van der Waals surface area contributed by atoms with Gasteiger partial charge in [0.2, 0.25) is 11.7 Å². The van der Waals surface area contributed by atoms with Crippen LogP contribution in [0.4, 0.5) is 0 Å². The van der Waals surface area contributed by atoms with Gasteiger partial charge in [-0.1, -0.05) is 23.2 Å². The number of hydrogen-bond donors (Lipinski definition) is 0. The fourth-order valence-electron chi connectivity index (χ4n) is 1.40. The first kappa shape index (κ1) is 16.5. The van der Waals surface area contributed by atoms with Gasteiger partial charge in [0, 0.05) is 27.2 Å². The smallest absolute Gasteiger partial charge is 0.395 e. The Hall–Kier alpha value is -0.590. The molecule has 0 aromatic rings. The second-order valence-electron chi connectivity index (χ2n) is 3.45. The third-order valence-corrected chi connectivity index (χ3v) is 3.98. The van der Waals surface area contributed by atoms with Crippen LogP contribution in [0.15, 0.2) is 10.3 Å². The van der Waals surface area contributed by atoms with E-state index in [0.717, 1.165) is 19.1 Å². The molecule has 0 saturated carbocycles. The van der Waals surface area contributed by atoms with E-state index in [-0.39, 0.29) is 18.9 Å². The maximum Gasteiger partial charge on any atom is 0.529 e. The number of amides is 2. The van der Waals surface area contributed by atoms with Crippen molar-refractivity contribution < 1.29 is 27.7 Å². The van der Waals surface area contributed by atoms with E-state index in [2.05, 4.69) is 9.05 Å². The monoisotopic (exact) mass is 331 g/mol. The molecule has 1 fully saturated rings. The number of imide groups is 1. The Morgan fingerprint density at radius 3 is 2.26 bits per heavy atom. The summed E-state index contributed by atoms with van der Waals surface area (Å²) in [6.45, 7) is 0.218. The Kier molecular flexibility index (Phi) is 5.82. The summed E-state index contributed by atoms with van der Waals surface area (Å²) in [7, 11) is -1.86. The van der Waals surface area contributed by atoms with Crippen LogP contribution < -0.4 is 0 Å². The van der Waals surface area contributed by atoms with Crippen LogP contribution in [0.5, 0.6) is 0 Å². The number of carbonyl (C=O) groups excluding carboxylic acids is 2. The summed E-state index contributed by atoms with van der Waals surface area (Å²) in [5, 5.41) is 0. The Bertz CT molecular complexity index is 454. The molecule has 1 aliphatic rings. The van der Waals surface area contributed by atoms with Gasteiger partial charge in [-0.2, -0.15) is 0 Å². The highest BCUT2D eigenvalue weighted by Gasteiger charge is 2.36. The zero-order chi connectivity index (χ0) is 14.6. The van der Waals surface area contributed by atoms with Crippen LogP contribution >= 0.6 is 31.0 Å². The fraction of sp³-hybridized carbons (Fsp3) is 0.556. The van der Waals surface area contributed by atoms with E-state index in [1.165, 1.54) is 0 Å². The van der Waals surface area contributed by atoms with Crippen LogP contribution in [0, 0.1) is 0 Å². The highest BCUT2D eigenvalue weighted by molar-refractivity contribution is 7.48. The lowest BCUT2D eigenvalue weighted by Crippen LogP contribution is -2.33. The van der Waals surface area contributed by atoms with Crippen molar-refractivity contribution in [2.24, 2.45) is 0 Å². The molecule has 0 N–H and O–H groups in total. The van der Waals surface area contributed by atoms with Crippen molar-refractivity contribution in [2.45, 2.75) is 12.8 Å². The molecule has 0 spiro atoms. The minimum atomic E-state index is -3.99. The summed E-state index contributed by atoms with van der Waals surface area (Å²) in [5.74, 6) is -1.91. The molecular formula is C9H12Cl2NO6P. The molecule has 1 heterocycles. The standard InChI is InChI=1S/C9H12Cl2NO6P/c1-16-19(15,17-2)18-7(8(10)11)9(14)12-5-3-4-6(12)13/h3-5H2,1-2H3. The molecular weight excluding hydrogens is 320 g/mol. The molecule has 10 heteroatoms. The van der Waals surface area contributed by atoms with Crippen LogP contribution in [0.25, 0.3) is 0 Å². The molecule has 1 rings (SSSR count). The predicted molar refractivity (Wildman–Crippen MR) is 67.4 cm³/mol. The molecule has 0 aromatic carbocycles. The van der Waals surface area contributed by atoms with Crippen molar-refractivity contribution in [3.05, 3.63) is 10.3 Å². The average Bonchev–Trinajstić information content (AvgIpc) is 2.81. The summed E-state index contributed by atoms with van der Waals surface area (Å²) in [6.07, 6.45) is 0.773. The fourth-order valence-corrected chi connectivity index (χ4v) is 2.44. The van der Waals surface area contributed by atoms with Crippen LogP contribution in [-0.4, -0.2) is 37.5 Å². The lowest BCUT2D eigenvalue weighted by molar-refractivity contribution is -0.140. The molecule has 1 aliphatic heterocycles. The van der Waals surface area contributed by atoms with Crippen molar-refractivity contribution in [1.29, 1.82) is 0 Å². The van der Waals surface area contributed by atoms with Crippen molar-refractivity contribution in [2.75, 3.05) is 20.8 Å². The number of nitrogens with zero attached hydrogens (tertiary/aromatic N) is 1. The lowest BCUT2D eigenvalue weighted by Gasteiger charge is -2.19. The van der Waals surface area contributed by atoms with E-state index in [1.807, 2.05) is 0 Å². The lowest BCUT2D eigenvalue weighted by atomic mass is 10.4. The highest BCUT2D eigenvalue weighted by atomic mass is 35.5. The third kappa shape index (κ3) is 3.94. The van der Waals surface area contributed by atoms with E-state index >= 15 is 0 Å². The van der Waals surface area contributed by atoms with Gasteiger partial charge in [0.05, 0.1) is 0 Å². The second kappa shape index (κ2) is 6.72. The van der Waals surface area contributed by atoms with E-state index in [1.54, 1.807) is 0 Å². The number of halogens is 2. The number of phosphoric acid groups is 1. The molecule has 0 bridgehead atoms. The molecule has 7 nitrogen and oxygen atoms in total. The maximum atomic E-state index is 12.0. The maximum absolute atomic E-state index is 12.0. The summed E-state index contributed by atoms with van der Waals surface area (Å²) in [4.78, 5) is 24.4. The zero-order valence-electron chi connectivity index (χ0n) is 10.2. The highest BCUT2D eigenvalue weighted by Crippen LogP contribution is 2.50. The molecule has 0 unspecified atom stereocenters. The average molecular weight is 332 g/mol. The van der Waals surface area contributed by atoms with Crippen molar-refractivity contribution in [1.82, 2.24) is 4.90 Å². The minimum absolute atomic E-state index is 0.218. The SMILES string of the molecule is COP(=O)(OC)OC(C(=O)N1CCCC1=O)=C(Cl)Cl. The van der Waals surface area contributed by atoms with E-state index in [4.69, 9.17) is 27.7 Å². The molecule has 0 aliphatic carbocycles. The third-order valence-electron chi connectivity index (χ3n) is 2.33. The van der Waals surface area contributed by atoms with Gasteiger partial charge in [-0.25, -0.2) is 4.57 Å². The molecule has 2 amide bonds. The van der Waals surface area contributed by atoms with E-state index in [9.17, 15) is 14.2 Å². The molecule has 19 heavy (non-hydrogen) atoms. The number of phosphoric ester groups is 1. The largest absolute Gasteiger partial charge is 0.529 e. The first-order chi connectivity index (χ1) is 8.84. The van der Waals surface area contributed by atoms with Gasteiger partial charge in [-0.15, -0.1) is 0 Å². The van der Waals surface area contributed by atoms with Gasteiger partial charge >= 0.3 is 7.82 Å². The number of likely N-dealkylation sites (tertiary alicyclic amines) is 1. The van der Waals surface area contributed by atoms with Gasteiger partial charge in [-0.05, 0) is 6.42 Å².